The Hall–Kier alpha value is -3.01. The Morgan fingerprint density at radius 3 is 2.50 bits per heavy atom. The van der Waals surface area contributed by atoms with Gasteiger partial charge in [-0.3, -0.25) is 18.9 Å². The molecule has 1 saturated heterocycles. The molecule has 0 saturated carbocycles. The summed E-state index contributed by atoms with van der Waals surface area (Å²) in [5.41, 5.74) is 1.66. The second kappa shape index (κ2) is 10.1. The van der Waals surface area contributed by atoms with Gasteiger partial charge in [0.25, 0.3) is 0 Å². The van der Waals surface area contributed by atoms with E-state index in [2.05, 4.69) is 15.0 Å². The van der Waals surface area contributed by atoms with Gasteiger partial charge in [-0.25, -0.2) is 9.18 Å². The lowest BCUT2D eigenvalue weighted by atomic mass is 10.1. The largest absolute Gasteiger partial charge is 0.494 e. The van der Waals surface area contributed by atoms with Crippen molar-refractivity contribution in [3.63, 3.8) is 0 Å². The van der Waals surface area contributed by atoms with Crippen molar-refractivity contribution in [3.05, 3.63) is 70.5 Å². The number of hydrogen-bond donors (Lipinski definition) is 1. The molecule has 0 amide bonds. The number of rotatable bonds is 8. The molecule has 0 radical (unpaired) electrons. The molecule has 1 aliphatic rings. The van der Waals surface area contributed by atoms with Crippen LogP contribution in [-0.4, -0.2) is 70.6 Å². The molecule has 1 atom stereocenters. The summed E-state index contributed by atoms with van der Waals surface area (Å²) in [6, 6.07) is 14.3. The van der Waals surface area contributed by atoms with Crippen molar-refractivity contribution < 1.29 is 18.8 Å². The molecule has 32 heavy (non-hydrogen) atoms. The molecule has 1 unspecified atom stereocenters. The molecule has 170 valence electrons. The standard InChI is InChI=1S/C23H27FN4O4/c1-31-21-8-7-17(13-20(21)24)14-26-9-11-27(12-10-26)15-19(29)16-28-22(25-32-23(28)30)18-5-3-2-4-6-18/h2-8,13,19,29H,9-12,14-16H2,1H3. The van der Waals surface area contributed by atoms with Crippen LogP contribution in [0, 0.1) is 5.82 Å². The number of piperazine rings is 1. The van der Waals surface area contributed by atoms with Gasteiger partial charge in [-0.05, 0) is 17.7 Å². The first kappa shape index (κ1) is 22.2. The summed E-state index contributed by atoms with van der Waals surface area (Å²) in [6.45, 7) is 4.38. The molecule has 0 bridgehead atoms. The summed E-state index contributed by atoms with van der Waals surface area (Å²) in [5, 5.41) is 14.5. The van der Waals surface area contributed by atoms with Crippen LogP contribution in [0.5, 0.6) is 5.75 Å². The fourth-order valence-corrected chi connectivity index (χ4v) is 3.99. The summed E-state index contributed by atoms with van der Waals surface area (Å²) in [5.74, 6) is -0.286. The normalized spacial score (nSPS) is 16.2. The number of nitrogens with zero attached hydrogens (tertiary/aromatic N) is 4. The van der Waals surface area contributed by atoms with Gasteiger partial charge in [0.15, 0.2) is 17.4 Å². The average Bonchev–Trinajstić information content (AvgIpc) is 3.16. The molecule has 8 nitrogen and oxygen atoms in total. The number of β-amino-alcohol motifs (C(OH)–C–C–N with tert-alkyl or cyclic N) is 1. The lowest BCUT2D eigenvalue weighted by Gasteiger charge is -2.35. The maximum atomic E-state index is 13.9. The fourth-order valence-electron chi connectivity index (χ4n) is 3.99. The quantitative estimate of drug-likeness (QED) is 0.570. The van der Waals surface area contributed by atoms with Crippen LogP contribution >= 0.6 is 0 Å². The monoisotopic (exact) mass is 442 g/mol. The molecule has 1 aliphatic heterocycles. The third kappa shape index (κ3) is 5.24. The topological polar surface area (TPSA) is 84.0 Å². The lowest BCUT2D eigenvalue weighted by Crippen LogP contribution is -2.48. The van der Waals surface area contributed by atoms with Crippen molar-refractivity contribution >= 4 is 0 Å². The van der Waals surface area contributed by atoms with E-state index < -0.39 is 11.9 Å². The van der Waals surface area contributed by atoms with E-state index in [1.165, 1.54) is 17.7 Å². The van der Waals surface area contributed by atoms with Crippen LogP contribution in [0.15, 0.2) is 57.8 Å². The maximum Gasteiger partial charge on any atom is 0.441 e. The predicted molar refractivity (Wildman–Crippen MR) is 117 cm³/mol. The first-order valence-electron chi connectivity index (χ1n) is 10.6. The van der Waals surface area contributed by atoms with Crippen LogP contribution in [0.3, 0.4) is 0 Å². The molecule has 9 heteroatoms. The van der Waals surface area contributed by atoms with Crippen LogP contribution in [0.4, 0.5) is 4.39 Å². The molecule has 2 heterocycles. The van der Waals surface area contributed by atoms with E-state index >= 15 is 0 Å². The van der Waals surface area contributed by atoms with E-state index in [1.54, 1.807) is 6.07 Å². The number of benzene rings is 2. The third-order valence-electron chi connectivity index (χ3n) is 5.67. The summed E-state index contributed by atoms with van der Waals surface area (Å²) >= 11 is 0. The van der Waals surface area contributed by atoms with Gasteiger partial charge in [-0.15, -0.1) is 0 Å². The average molecular weight is 442 g/mol. The first-order chi connectivity index (χ1) is 15.5. The zero-order valence-corrected chi connectivity index (χ0v) is 18.0. The van der Waals surface area contributed by atoms with E-state index in [0.717, 1.165) is 37.3 Å². The molecular formula is C23H27FN4O4. The highest BCUT2D eigenvalue weighted by Crippen LogP contribution is 2.19. The van der Waals surface area contributed by atoms with Gasteiger partial charge in [-0.1, -0.05) is 41.6 Å². The number of aliphatic hydroxyl groups excluding tert-OH is 1. The molecule has 4 rings (SSSR count). The van der Waals surface area contributed by atoms with Gasteiger partial charge < -0.3 is 9.84 Å². The molecular weight excluding hydrogens is 415 g/mol. The minimum atomic E-state index is -0.739. The van der Waals surface area contributed by atoms with Gasteiger partial charge in [0.1, 0.15) is 0 Å². The fraction of sp³-hybridized carbons (Fsp3) is 0.391. The number of hydrogen-bond acceptors (Lipinski definition) is 7. The SMILES string of the molecule is COc1ccc(CN2CCN(CC(O)Cn3c(-c4ccccc4)noc3=O)CC2)cc1F. The Labute approximate surface area is 185 Å². The highest BCUT2D eigenvalue weighted by Gasteiger charge is 2.22. The zero-order chi connectivity index (χ0) is 22.5. The van der Waals surface area contributed by atoms with Crippen molar-refractivity contribution in [1.82, 2.24) is 19.5 Å². The molecule has 0 spiro atoms. The van der Waals surface area contributed by atoms with E-state index in [-0.39, 0.29) is 18.1 Å². The molecule has 1 aromatic heterocycles. The third-order valence-corrected chi connectivity index (χ3v) is 5.67. The molecule has 0 aliphatic carbocycles. The predicted octanol–water partition coefficient (Wildman–Crippen LogP) is 1.83. The van der Waals surface area contributed by atoms with Crippen molar-refractivity contribution in [3.8, 4) is 17.1 Å². The minimum absolute atomic E-state index is 0.109. The van der Waals surface area contributed by atoms with Crippen LogP contribution in [0.25, 0.3) is 11.4 Å². The second-order valence-corrected chi connectivity index (χ2v) is 7.95. The number of halogens is 1. The van der Waals surface area contributed by atoms with Crippen LogP contribution in [0.1, 0.15) is 5.56 Å². The van der Waals surface area contributed by atoms with Crippen LogP contribution < -0.4 is 10.5 Å². The van der Waals surface area contributed by atoms with Crippen LogP contribution in [0.2, 0.25) is 0 Å². The molecule has 2 aromatic carbocycles. The van der Waals surface area contributed by atoms with E-state index in [1.807, 2.05) is 36.4 Å². The van der Waals surface area contributed by atoms with Gasteiger partial charge in [0.2, 0.25) is 0 Å². The van der Waals surface area contributed by atoms with Gasteiger partial charge >= 0.3 is 5.76 Å². The van der Waals surface area contributed by atoms with Gasteiger partial charge in [-0.2, -0.15) is 0 Å². The van der Waals surface area contributed by atoms with E-state index in [4.69, 9.17) is 9.26 Å². The Kier molecular flexibility index (Phi) is 6.99. The maximum absolute atomic E-state index is 13.9. The summed E-state index contributed by atoms with van der Waals surface area (Å²) in [7, 11) is 1.45. The summed E-state index contributed by atoms with van der Waals surface area (Å²) in [6.07, 6.45) is -0.739. The Morgan fingerprint density at radius 2 is 1.81 bits per heavy atom. The Bertz CT molecular complexity index is 1080. The Morgan fingerprint density at radius 1 is 1.09 bits per heavy atom. The minimum Gasteiger partial charge on any atom is -0.494 e. The highest BCUT2D eigenvalue weighted by molar-refractivity contribution is 5.54. The number of aliphatic hydroxyl groups is 1. The summed E-state index contributed by atoms with van der Waals surface area (Å²) in [4.78, 5) is 16.5. The molecule has 1 fully saturated rings. The number of methoxy groups -OCH3 is 1. The first-order valence-corrected chi connectivity index (χ1v) is 10.6. The van der Waals surface area contributed by atoms with Crippen molar-refractivity contribution in [2.45, 2.75) is 19.2 Å². The van der Waals surface area contributed by atoms with Crippen molar-refractivity contribution in [1.29, 1.82) is 0 Å². The lowest BCUT2D eigenvalue weighted by molar-refractivity contribution is 0.0615. The van der Waals surface area contributed by atoms with Gasteiger partial charge in [0.05, 0.1) is 19.8 Å². The second-order valence-electron chi connectivity index (χ2n) is 7.95. The van der Waals surface area contributed by atoms with Crippen molar-refractivity contribution in [2.75, 3.05) is 39.8 Å². The van der Waals surface area contributed by atoms with E-state index in [0.29, 0.717) is 18.9 Å². The summed E-state index contributed by atoms with van der Waals surface area (Å²) < 4.78 is 25.1. The van der Waals surface area contributed by atoms with Gasteiger partial charge in [0, 0.05) is 44.8 Å². The molecule has 1 N–H and O–H groups in total. The highest BCUT2D eigenvalue weighted by atomic mass is 19.1. The smallest absolute Gasteiger partial charge is 0.441 e. The number of aromatic nitrogens is 2. The molecule has 3 aromatic rings. The zero-order valence-electron chi connectivity index (χ0n) is 18.0. The Balaban J connectivity index is 1.29. The number of ether oxygens (including phenoxy) is 1. The van der Waals surface area contributed by atoms with Crippen LogP contribution in [-0.2, 0) is 13.1 Å². The van der Waals surface area contributed by atoms with Crippen molar-refractivity contribution in [2.24, 2.45) is 0 Å². The van der Waals surface area contributed by atoms with E-state index in [9.17, 15) is 14.3 Å².